The average Bonchev–Trinajstić information content (AvgIpc) is 2.47. The fraction of sp³-hybridized carbons (Fsp3) is 0.438. The van der Waals surface area contributed by atoms with Crippen LogP contribution in [0.4, 0.5) is 5.69 Å². The summed E-state index contributed by atoms with van der Waals surface area (Å²) in [6, 6.07) is 6.85. The minimum absolute atomic E-state index is 0.00546. The molecule has 1 aromatic rings. The number of aliphatic carboxylic acids is 1. The number of anilines is 1. The molecule has 0 bridgehead atoms. The molecular formula is C16H20N2O4. The summed E-state index contributed by atoms with van der Waals surface area (Å²) >= 11 is 0. The van der Waals surface area contributed by atoms with E-state index in [1.165, 1.54) is 6.92 Å². The zero-order chi connectivity index (χ0) is 16.1. The van der Waals surface area contributed by atoms with Gasteiger partial charge in [-0.25, -0.2) is 0 Å². The minimum Gasteiger partial charge on any atom is -0.550 e. The van der Waals surface area contributed by atoms with Gasteiger partial charge >= 0.3 is 0 Å². The number of Topliss-reactive ketones (excluding diaryl/α,β-unsaturated/α-hetero) is 1. The van der Waals surface area contributed by atoms with Gasteiger partial charge in [-0.2, -0.15) is 0 Å². The molecule has 2 N–H and O–H groups in total. The van der Waals surface area contributed by atoms with Crippen LogP contribution in [0.5, 0.6) is 0 Å². The fourth-order valence-corrected chi connectivity index (χ4v) is 2.74. The molecule has 1 heterocycles. The molecule has 1 amide bonds. The highest BCUT2D eigenvalue weighted by Crippen LogP contribution is 2.11. The van der Waals surface area contributed by atoms with Crippen LogP contribution in [0, 0.1) is 5.92 Å². The van der Waals surface area contributed by atoms with Crippen LogP contribution in [0.1, 0.15) is 30.1 Å². The fourth-order valence-electron chi connectivity index (χ4n) is 2.74. The summed E-state index contributed by atoms with van der Waals surface area (Å²) in [5, 5.41) is 13.5. The number of piperidine rings is 1. The van der Waals surface area contributed by atoms with Gasteiger partial charge in [0.1, 0.15) is 6.54 Å². The summed E-state index contributed by atoms with van der Waals surface area (Å²) in [6.45, 7) is 3.08. The number of hydrogen-bond donors (Lipinski definition) is 2. The van der Waals surface area contributed by atoms with E-state index in [1.807, 2.05) is 0 Å². The highest BCUT2D eigenvalue weighted by atomic mass is 16.4. The van der Waals surface area contributed by atoms with E-state index in [0.717, 1.165) is 4.90 Å². The Morgan fingerprint density at radius 3 is 2.55 bits per heavy atom. The number of carboxylic acid groups (broad SMARTS) is 1. The summed E-state index contributed by atoms with van der Waals surface area (Å²) in [5.74, 6) is -1.57. The van der Waals surface area contributed by atoms with Gasteiger partial charge in [0.25, 0.3) is 0 Å². The molecule has 6 heteroatoms. The Morgan fingerprint density at radius 2 is 1.95 bits per heavy atom. The van der Waals surface area contributed by atoms with Crippen molar-refractivity contribution in [1.29, 1.82) is 0 Å². The molecule has 1 aliphatic rings. The number of amides is 1. The molecule has 0 unspecified atom stereocenters. The summed E-state index contributed by atoms with van der Waals surface area (Å²) in [4.78, 5) is 35.2. The molecule has 2 rings (SSSR count). The maximum atomic E-state index is 12.3. The van der Waals surface area contributed by atoms with E-state index in [2.05, 4.69) is 5.32 Å². The van der Waals surface area contributed by atoms with E-state index in [4.69, 9.17) is 0 Å². The summed E-state index contributed by atoms with van der Waals surface area (Å²) in [7, 11) is 0. The van der Waals surface area contributed by atoms with Crippen LogP contribution in [0.2, 0.25) is 0 Å². The van der Waals surface area contributed by atoms with Crippen LogP contribution < -0.4 is 15.3 Å². The second-order valence-electron chi connectivity index (χ2n) is 5.71. The van der Waals surface area contributed by atoms with Crippen LogP contribution in [0.25, 0.3) is 0 Å². The maximum Gasteiger partial charge on any atom is 0.221 e. The van der Waals surface area contributed by atoms with Crippen molar-refractivity contribution in [2.45, 2.75) is 19.8 Å². The molecule has 6 nitrogen and oxygen atoms in total. The largest absolute Gasteiger partial charge is 0.550 e. The number of benzene rings is 1. The van der Waals surface area contributed by atoms with Gasteiger partial charge in [-0.1, -0.05) is 12.1 Å². The molecule has 0 aliphatic carbocycles. The molecule has 22 heavy (non-hydrogen) atoms. The minimum atomic E-state index is -0.992. The Bertz CT molecular complexity index is 577. The van der Waals surface area contributed by atoms with Crippen molar-refractivity contribution in [1.82, 2.24) is 0 Å². The van der Waals surface area contributed by atoms with Gasteiger partial charge in [0.2, 0.25) is 11.7 Å². The first-order valence-corrected chi connectivity index (χ1v) is 7.41. The van der Waals surface area contributed by atoms with Gasteiger partial charge in [-0.3, -0.25) is 9.59 Å². The van der Waals surface area contributed by atoms with E-state index < -0.39 is 5.97 Å². The monoisotopic (exact) mass is 304 g/mol. The number of quaternary nitrogens is 1. The Balaban J connectivity index is 1.92. The average molecular weight is 304 g/mol. The first-order valence-electron chi connectivity index (χ1n) is 7.41. The predicted octanol–water partition coefficient (Wildman–Crippen LogP) is -1.13. The maximum absolute atomic E-state index is 12.3. The number of hydrogen-bond acceptors (Lipinski definition) is 4. The van der Waals surface area contributed by atoms with Gasteiger partial charge < -0.3 is 20.1 Å². The lowest BCUT2D eigenvalue weighted by molar-refractivity contribution is -0.897. The first-order chi connectivity index (χ1) is 10.5. The van der Waals surface area contributed by atoms with Crippen molar-refractivity contribution in [3.8, 4) is 0 Å². The first kappa shape index (κ1) is 16.2. The Labute approximate surface area is 129 Å². The zero-order valence-electron chi connectivity index (χ0n) is 12.6. The van der Waals surface area contributed by atoms with Crippen LogP contribution in [-0.2, 0) is 9.59 Å². The molecule has 0 saturated carbocycles. The van der Waals surface area contributed by atoms with Crippen LogP contribution in [0.3, 0.4) is 0 Å². The number of nitrogens with one attached hydrogen (secondary N) is 2. The zero-order valence-corrected chi connectivity index (χ0v) is 12.6. The molecule has 1 aliphatic heterocycles. The van der Waals surface area contributed by atoms with E-state index in [1.54, 1.807) is 24.3 Å². The normalized spacial score (nSPS) is 21.1. The van der Waals surface area contributed by atoms with Gasteiger partial charge in [-0.05, 0) is 12.1 Å². The van der Waals surface area contributed by atoms with Crippen LogP contribution in [-0.4, -0.2) is 37.3 Å². The SMILES string of the molecule is CC(=O)Nc1cccc(C(=O)C[NH+]2CCC(C(=O)[O-])CC2)c1. The topological polar surface area (TPSA) is 90.7 Å². The van der Waals surface area contributed by atoms with E-state index in [-0.39, 0.29) is 17.6 Å². The third kappa shape index (κ3) is 4.39. The highest BCUT2D eigenvalue weighted by molar-refractivity contribution is 5.98. The molecule has 118 valence electrons. The van der Waals surface area contributed by atoms with Gasteiger partial charge in [0, 0.05) is 42.9 Å². The molecule has 0 atom stereocenters. The van der Waals surface area contributed by atoms with Crippen molar-refractivity contribution >= 4 is 23.3 Å². The second kappa shape index (κ2) is 7.17. The number of carbonyl (C=O) groups is 3. The molecule has 0 spiro atoms. The van der Waals surface area contributed by atoms with E-state index in [9.17, 15) is 19.5 Å². The number of likely N-dealkylation sites (tertiary alicyclic amines) is 1. The predicted molar refractivity (Wildman–Crippen MR) is 78.4 cm³/mol. The lowest BCUT2D eigenvalue weighted by Crippen LogP contribution is -3.14. The van der Waals surface area contributed by atoms with Gasteiger partial charge in [-0.15, -0.1) is 0 Å². The lowest BCUT2D eigenvalue weighted by Gasteiger charge is -2.29. The van der Waals surface area contributed by atoms with E-state index in [0.29, 0.717) is 43.7 Å². The molecule has 1 fully saturated rings. The summed E-state index contributed by atoms with van der Waals surface area (Å²) in [6.07, 6.45) is 1.10. The Hall–Kier alpha value is -2.21. The summed E-state index contributed by atoms with van der Waals surface area (Å²) < 4.78 is 0. The standard InChI is InChI=1S/C16H20N2O4/c1-11(19)17-14-4-2-3-13(9-14)15(20)10-18-7-5-12(6-8-18)16(21)22/h2-4,9,12H,5-8,10H2,1H3,(H,17,19)(H,21,22). The van der Waals surface area contributed by atoms with Crippen molar-refractivity contribution in [3.63, 3.8) is 0 Å². The van der Waals surface area contributed by atoms with Gasteiger partial charge in [0.05, 0.1) is 13.1 Å². The quantitative estimate of drug-likeness (QED) is 0.674. The molecule has 0 radical (unpaired) electrons. The molecular weight excluding hydrogens is 284 g/mol. The Morgan fingerprint density at radius 1 is 1.27 bits per heavy atom. The van der Waals surface area contributed by atoms with Crippen molar-refractivity contribution in [2.75, 3.05) is 25.0 Å². The molecule has 0 aromatic heterocycles. The third-order valence-electron chi connectivity index (χ3n) is 3.94. The van der Waals surface area contributed by atoms with Crippen molar-refractivity contribution < 1.29 is 24.4 Å². The Kier molecular flexibility index (Phi) is 5.27. The van der Waals surface area contributed by atoms with Crippen LogP contribution >= 0.6 is 0 Å². The third-order valence-corrected chi connectivity index (χ3v) is 3.94. The second-order valence-corrected chi connectivity index (χ2v) is 5.71. The molecule has 1 aromatic carbocycles. The smallest absolute Gasteiger partial charge is 0.221 e. The van der Waals surface area contributed by atoms with E-state index >= 15 is 0 Å². The molecule has 1 saturated heterocycles. The number of carboxylic acids is 1. The van der Waals surface area contributed by atoms with Crippen molar-refractivity contribution in [2.24, 2.45) is 5.92 Å². The number of rotatable bonds is 5. The summed E-state index contributed by atoms with van der Waals surface area (Å²) in [5.41, 5.74) is 1.16. The van der Waals surface area contributed by atoms with Gasteiger partial charge in [0.15, 0.2) is 0 Å². The number of ketones is 1. The van der Waals surface area contributed by atoms with Crippen molar-refractivity contribution in [3.05, 3.63) is 29.8 Å². The highest BCUT2D eigenvalue weighted by Gasteiger charge is 2.24. The number of carbonyl (C=O) groups excluding carboxylic acids is 3. The van der Waals surface area contributed by atoms with Crippen LogP contribution in [0.15, 0.2) is 24.3 Å². The lowest BCUT2D eigenvalue weighted by atomic mass is 9.96.